The molecule has 1 rings (SSSR count). The van der Waals surface area contributed by atoms with E-state index in [0.717, 1.165) is 6.07 Å². The summed E-state index contributed by atoms with van der Waals surface area (Å²) in [7, 11) is 2.77. The van der Waals surface area contributed by atoms with Gasteiger partial charge in [-0.3, -0.25) is 0 Å². The number of ether oxygens (including phenoxy) is 2. The molecule has 0 radical (unpaired) electrons. The van der Waals surface area contributed by atoms with Gasteiger partial charge in [0.2, 0.25) is 0 Å². The molecule has 1 aromatic rings. The third kappa shape index (κ3) is 4.07. The lowest BCUT2D eigenvalue weighted by Crippen LogP contribution is -2.34. The predicted molar refractivity (Wildman–Crippen MR) is 62.3 cm³/mol. The van der Waals surface area contributed by atoms with E-state index in [2.05, 4.69) is 5.32 Å². The minimum Gasteiger partial charge on any atom is -0.375 e. The predicted octanol–water partition coefficient (Wildman–Crippen LogP) is 3.26. The number of benzene rings is 1. The zero-order valence-corrected chi connectivity index (χ0v) is 10.7. The second-order valence-electron chi connectivity index (χ2n) is 3.97. The van der Waals surface area contributed by atoms with E-state index in [1.807, 2.05) is 0 Å². The largest absolute Gasteiger partial charge is 0.416 e. The molecule has 0 aromatic heterocycles. The smallest absolute Gasteiger partial charge is 0.375 e. The Labute approximate surface area is 108 Å². The average Bonchev–Trinajstić information content (AvgIpc) is 2.32. The van der Waals surface area contributed by atoms with Gasteiger partial charge in [0.05, 0.1) is 17.3 Å². The summed E-state index contributed by atoms with van der Waals surface area (Å²) >= 11 is 0. The van der Waals surface area contributed by atoms with Gasteiger partial charge in [0.15, 0.2) is 6.29 Å². The van der Waals surface area contributed by atoms with Crippen LogP contribution in [0.25, 0.3) is 0 Å². The van der Waals surface area contributed by atoms with Crippen molar-refractivity contribution in [3.05, 3.63) is 29.6 Å². The van der Waals surface area contributed by atoms with Crippen LogP contribution >= 0.6 is 0 Å². The maximum atomic E-state index is 13.5. The molecule has 1 aromatic carbocycles. The number of methoxy groups -OCH3 is 2. The molecule has 0 aliphatic carbocycles. The fourth-order valence-electron chi connectivity index (χ4n) is 1.63. The van der Waals surface area contributed by atoms with Crippen molar-refractivity contribution in [3.63, 3.8) is 0 Å². The van der Waals surface area contributed by atoms with Crippen molar-refractivity contribution in [1.82, 2.24) is 0 Å². The Balaban J connectivity index is 2.94. The van der Waals surface area contributed by atoms with Crippen molar-refractivity contribution in [3.8, 4) is 0 Å². The SMILES string of the molecule is COC(OC)C(C)Nc1cc(C(F)(F)F)ccc1F. The van der Waals surface area contributed by atoms with Crippen LogP contribution in [0.2, 0.25) is 0 Å². The summed E-state index contributed by atoms with van der Waals surface area (Å²) in [5.41, 5.74) is -1.17. The van der Waals surface area contributed by atoms with E-state index in [0.29, 0.717) is 12.1 Å². The van der Waals surface area contributed by atoms with Gasteiger partial charge in [0.25, 0.3) is 0 Å². The molecule has 1 atom stereocenters. The molecule has 0 aliphatic heterocycles. The zero-order valence-electron chi connectivity index (χ0n) is 10.7. The molecule has 108 valence electrons. The normalized spacial score (nSPS) is 13.7. The summed E-state index contributed by atoms with van der Waals surface area (Å²) in [5, 5.41) is 2.60. The summed E-state index contributed by atoms with van der Waals surface area (Å²) < 4.78 is 60.9. The number of nitrogens with one attached hydrogen (secondary N) is 1. The Hall–Kier alpha value is -1.34. The zero-order chi connectivity index (χ0) is 14.6. The number of hydrogen-bond donors (Lipinski definition) is 1. The van der Waals surface area contributed by atoms with Gasteiger partial charge in [-0.05, 0) is 25.1 Å². The van der Waals surface area contributed by atoms with Crippen molar-refractivity contribution in [1.29, 1.82) is 0 Å². The highest BCUT2D eigenvalue weighted by molar-refractivity contribution is 5.48. The standard InChI is InChI=1S/C12H15F4NO2/c1-7(11(18-2)19-3)17-10-6-8(12(14,15)16)4-5-9(10)13/h4-7,11,17H,1-3H3. The molecule has 0 saturated heterocycles. The molecule has 1 unspecified atom stereocenters. The fraction of sp³-hybridized carbons (Fsp3) is 0.500. The first-order chi connectivity index (χ1) is 8.79. The number of alkyl halides is 3. The van der Waals surface area contributed by atoms with Crippen molar-refractivity contribution >= 4 is 5.69 Å². The van der Waals surface area contributed by atoms with Crippen LogP contribution in [-0.2, 0) is 15.7 Å². The highest BCUT2D eigenvalue weighted by atomic mass is 19.4. The summed E-state index contributed by atoms with van der Waals surface area (Å²) in [4.78, 5) is 0. The third-order valence-corrected chi connectivity index (χ3v) is 2.55. The highest BCUT2D eigenvalue weighted by Gasteiger charge is 2.31. The number of halogens is 4. The van der Waals surface area contributed by atoms with E-state index in [1.54, 1.807) is 6.92 Å². The molecule has 3 nitrogen and oxygen atoms in total. The van der Waals surface area contributed by atoms with E-state index in [1.165, 1.54) is 14.2 Å². The molecular formula is C12H15F4NO2. The molecular weight excluding hydrogens is 266 g/mol. The molecule has 1 N–H and O–H groups in total. The lowest BCUT2D eigenvalue weighted by molar-refractivity contribution is -0.137. The first kappa shape index (κ1) is 15.7. The number of hydrogen-bond acceptors (Lipinski definition) is 3. The molecule has 0 aliphatic rings. The molecule has 0 spiro atoms. The van der Waals surface area contributed by atoms with Gasteiger partial charge in [0.1, 0.15) is 5.82 Å². The summed E-state index contributed by atoms with van der Waals surface area (Å²) in [6.45, 7) is 1.61. The monoisotopic (exact) mass is 281 g/mol. The van der Waals surface area contributed by atoms with E-state index in [-0.39, 0.29) is 5.69 Å². The van der Waals surface area contributed by atoms with E-state index >= 15 is 0 Å². The van der Waals surface area contributed by atoms with Crippen molar-refractivity contribution < 1.29 is 27.0 Å². The van der Waals surface area contributed by atoms with E-state index < -0.39 is 29.9 Å². The Morgan fingerprint density at radius 1 is 1.16 bits per heavy atom. The quantitative estimate of drug-likeness (QED) is 0.663. The van der Waals surface area contributed by atoms with Gasteiger partial charge in [-0.15, -0.1) is 0 Å². The Morgan fingerprint density at radius 3 is 2.21 bits per heavy atom. The topological polar surface area (TPSA) is 30.5 Å². The van der Waals surface area contributed by atoms with Gasteiger partial charge < -0.3 is 14.8 Å². The molecule has 0 saturated carbocycles. The fourth-order valence-corrected chi connectivity index (χ4v) is 1.63. The first-order valence-electron chi connectivity index (χ1n) is 5.48. The van der Waals surface area contributed by atoms with Crippen LogP contribution in [0.15, 0.2) is 18.2 Å². The van der Waals surface area contributed by atoms with E-state index in [9.17, 15) is 17.6 Å². The minimum absolute atomic E-state index is 0.249. The van der Waals surface area contributed by atoms with Crippen LogP contribution in [0.3, 0.4) is 0 Å². The van der Waals surface area contributed by atoms with Crippen LogP contribution in [-0.4, -0.2) is 26.6 Å². The van der Waals surface area contributed by atoms with Crippen LogP contribution in [0.5, 0.6) is 0 Å². The summed E-state index contributed by atoms with van der Waals surface area (Å²) in [6, 6.07) is 1.66. The van der Waals surface area contributed by atoms with Gasteiger partial charge in [0, 0.05) is 14.2 Å². The maximum absolute atomic E-state index is 13.5. The van der Waals surface area contributed by atoms with Crippen LogP contribution < -0.4 is 5.32 Å². The Morgan fingerprint density at radius 2 is 1.74 bits per heavy atom. The van der Waals surface area contributed by atoms with Gasteiger partial charge >= 0.3 is 6.18 Å². The minimum atomic E-state index is -4.52. The van der Waals surface area contributed by atoms with Crippen LogP contribution in [0, 0.1) is 5.82 Å². The van der Waals surface area contributed by atoms with Gasteiger partial charge in [-0.2, -0.15) is 13.2 Å². The van der Waals surface area contributed by atoms with Crippen molar-refractivity contribution in [2.24, 2.45) is 0 Å². The summed E-state index contributed by atoms with van der Waals surface area (Å²) in [6.07, 6.45) is -5.22. The Kier molecular flexibility index (Phi) is 5.13. The molecule has 0 heterocycles. The highest BCUT2D eigenvalue weighted by Crippen LogP contribution is 2.32. The molecule has 0 amide bonds. The molecule has 0 fully saturated rings. The van der Waals surface area contributed by atoms with E-state index in [4.69, 9.17) is 9.47 Å². The molecule has 0 bridgehead atoms. The molecule has 19 heavy (non-hydrogen) atoms. The third-order valence-electron chi connectivity index (χ3n) is 2.55. The van der Waals surface area contributed by atoms with Gasteiger partial charge in [-0.25, -0.2) is 4.39 Å². The number of anilines is 1. The first-order valence-corrected chi connectivity index (χ1v) is 5.48. The lowest BCUT2D eigenvalue weighted by Gasteiger charge is -2.23. The second-order valence-corrected chi connectivity index (χ2v) is 3.97. The summed E-state index contributed by atoms with van der Waals surface area (Å²) in [5.74, 6) is -0.772. The molecule has 7 heteroatoms. The van der Waals surface area contributed by atoms with Gasteiger partial charge in [-0.1, -0.05) is 0 Å². The number of rotatable bonds is 5. The average molecular weight is 281 g/mol. The Bertz CT molecular complexity index is 419. The maximum Gasteiger partial charge on any atom is 0.416 e. The van der Waals surface area contributed by atoms with Crippen LogP contribution in [0.1, 0.15) is 12.5 Å². The van der Waals surface area contributed by atoms with Crippen LogP contribution in [0.4, 0.5) is 23.2 Å². The van der Waals surface area contributed by atoms with Crippen molar-refractivity contribution in [2.75, 3.05) is 19.5 Å². The lowest BCUT2D eigenvalue weighted by atomic mass is 10.1. The second kappa shape index (κ2) is 6.21. The van der Waals surface area contributed by atoms with Crippen molar-refractivity contribution in [2.45, 2.75) is 25.4 Å².